The van der Waals surface area contributed by atoms with Crippen LogP contribution in [0.2, 0.25) is 0 Å². The van der Waals surface area contributed by atoms with Crippen molar-refractivity contribution in [3.05, 3.63) is 82.4 Å². The lowest BCUT2D eigenvalue weighted by atomic mass is 9.53. The van der Waals surface area contributed by atoms with Crippen molar-refractivity contribution in [3.8, 4) is 36.2 Å². The molecule has 11 rings (SSSR count). The van der Waals surface area contributed by atoms with Crippen LogP contribution in [0.5, 0.6) is 11.5 Å². The Labute approximate surface area is 383 Å². The van der Waals surface area contributed by atoms with Crippen molar-refractivity contribution in [1.82, 2.24) is 30.0 Å². The Kier molecular flexibility index (Phi) is 10.4. The zero-order chi connectivity index (χ0) is 44.9. The number of fused-ring (bicyclic) bond motifs is 10. The number of terminal acetylenes is 2. The first kappa shape index (κ1) is 42.9. The van der Waals surface area contributed by atoms with Crippen LogP contribution in [0, 0.1) is 59.2 Å². The van der Waals surface area contributed by atoms with Crippen molar-refractivity contribution in [2.75, 3.05) is 0 Å². The van der Waals surface area contributed by atoms with Gasteiger partial charge < -0.3 is 29.2 Å². The number of ether oxygens (including phenoxy) is 4. The highest BCUT2D eigenvalue weighted by atomic mass is 16.8. The lowest BCUT2D eigenvalue weighted by Crippen LogP contribution is -2.50. The molecule has 1 aliphatic heterocycles. The molecule has 4 saturated carbocycles. The first-order chi connectivity index (χ1) is 31.2. The maximum atomic E-state index is 11.3. The molecule has 0 unspecified atom stereocenters. The van der Waals surface area contributed by atoms with Gasteiger partial charge in [0, 0.05) is 10.8 Å². The third kappa shape index (κ3) is 7.12. The number of nitrogens with zero attached hydrogens (tertiary/aromatic N) is 6. The van der Waals surface area contributed by atoms with E-state index in [9.17, 15) is 10.2 Å². The second kappa shape index (κ2) is 15.7. The second-order valence-electron chi connectivity index (χ2n) is 21.7. The Morgan fingerprint density at radius 2 is 1.09 bits per heavy atom. The predicted molar refractivity (Wildman–Crippen MR) is 242 cm³/mol. The summed E-state index contributed by atoms with van der Waals surface area (Å²) in [5.41, 5.74) is 4.73. The van der Waals surface area contributed by atoms with Crippen LogP contribution in [0.4, 0.5) is 0 Å². The number of aromatic nitrogens is 6. The molecule has 0 radical (unpaired) electrons. The highest BCUT2D eigenvalue weighted by Gasteiger charge is 2.62. The fourth-order valence-electron chi connectivity index (χ4n) is 14.7. The van der Waals surface area contributed by atoms with Crippen LogP contribution in [-0.4, -0.2) is 69.4 Å². The van der Waals surface area contributed by atoms with Gasteiger partial charge in [0.1, 0.15) is 59.5 Å². The molecule has 2 aromatic heterocycles. The highest BCUT2D eigenvalue weighted by molar-refractivity contribution is 5.43. The number of aryl methyl sites for hydroxylation is 2. The maximum absolute atomic E-state index is 11.3. The fraction of sp³-hybridized carbons (Fsp3) is 0.623. The molecule has 0 spiro atoms. The normalized spacial score (nSPS) is 37.4. The van der Waals surface area contributed by atoms with Gasteiger partial charge in [-0.2, -0.15) is 0 Å². The summed E-state index contributed by atoms with van der Waals surface area (Å²) in [6.45, 7) is 9.85. The van der Waals surface area contributed by atoms with Gasteiger partial charge in [0.05, 0.1) is 25.5 Å². The molecule has 5 fully saturated rings. The standard InChI is InChI=1S/C53H64N6O6/c1-7-52(60)23-19-45-43-13-9-33-25-37(11-15-39(33)41(43)17-21-50(45,52)5)62-31-35-27-58(56-54-35)29-47-48(65-49(3,4)64-47)30-59-28-36(55-57-59)32-63-38-12-16-40-34(26-38)10-14-44-42(40)18-22-51(6)46(44)20-24-53(51,61)8-2/h1-2,11-12,15-16,25-28,41-48,60-61H,9-10,13-14,17-24,29-32H2,3-6H3/t41-,42-,43-,44-,45+,46+,47+,48+,50+,51+,52+,53+/m1/s1. The summed E-state index contributed by atoms with van der Waals surface area (Å²) >= 11 is 0. The minimum atomic E-state index is -0.982. The van der Waals surface area contributed by atoms with Gasteiger partial charge in [-0.3, -0.25) is 0 Å². The van der Waals surface area contributed by atoms with Crippen LogP contribution < -0.4 is 9.47 Å². The van der Waals surface area contributed by atoms with E-state index in [0.29, 0.717) is 74.7 Å². The number of rotatable bonds is 10. The van der Waals surface area contributed by atoms with Gasteiger partial charge in [-0.15, -0.1) is 23.0 Å². The third-order valence-corrected chi connectivity index (χ3v) is 18.1. The summed E-state index contributed by atoms with van der Waals surface area (Å²) in [4.78, 5) is 0. The Balaban J connectivity index is 0.677. The quantitative estimate of drug-likeness (QED) is 0.153. The summed E-state index contributed by atoms with van der Waals surface area (Å²) in [6.07, 6.45) is 26.7. The van der Waals surface area contributed by atoms with Crippen LogP contribution in [0.15, 0.2) is 48.8 Å². The van der Waals surface area contributed by atoms with Crippen LogP contribution in [0.1, 0.15) is 137 Å². The Hall–Kier alpha value is -4.72. The molecule has 7 aliphatic rings. The van der Waals surface area contributed by atoms with Gasteiger partial charge in [0.15, 0.2) is 5.79 Å². The Morgan fingerprint density at radius 1 is 0.646 bits per heavy atom. The summed E-state index contributed by atoms with van der Waals surface area (Å²) in [5.74, 6) is 9.53. The van der Waals surface area contributed by atoms with E-state index in [1.807, 2.05) is 26.2 Å². The minimum absolute atomic E-state index is 0.196. The molecule has 0 amide bonds. The largest absolute Gasteiger partial charge is 0.487 e. The predicted octanol–water partition coefficient (Wildman–Crippen LogP) is 7.69. The minimum Gasteiger partial charge on any atom is -0.487 e. The first-order valence-corrected chi connectivity index (χ1v) is 24.3. The molecule has 6 aliphatic carbocycles. The molecule has 342 valence electrons. The summed E-state index contributed by atoms with van der Waals surface area (Å²) in [7, 11) is 0. The fourth-order valence-corrected chi connectivity index (χ4v) is 14.7. The first-order valence-electron chi connectivity index (χ1n) is 24.3. The van der Waals surface area contributed by atoms with Gasteiger partial charge >= 0.3 is 0 Å². The molecule has 2 N–H and O–H groups in total. The average molecular weight is 881 g/mol. The molecule has 2 aromatic carbocycles. The van der Waals surface area contributed by atoms with Crippen molar-refractivity contribution in [3.63, 3.8) is 0 Å². The maximum Gasteiger partial charge on any atom is 0.163 e. The highest BCUT2D eigenvalue weighted by Crippen LogP contribution is 2.65. The molecule has 65 heavy (non-hydrogen) atoms. The zero-order valence-electron chi connectivity index (χ0n) is 38.4. The average Bonchev–Trinajstić information content (AvgIpc) is 4.12. The smallest absolute Gasteiger partial charge is 0.163 e. The van der Waals surface area contributed by atoms with Crippen LogP contribution >= 0.6 is 0 Å². The monoisotopic (exact) mass is 880 g/mol. The molecule has 1 saturated heterocycles. The molecular weight excluding hydrogens is 817 g/mol. The lowest BCUT2D eigenvalue weighted by Gasteiger charge is -2.52. The number of benzene rings is 2. The van der Waals surface area contributed by atoms with Crippen LogP contribution in [0.25, 0.3) is 0 Å². The number of hydrogen-bond donors (Lipinski definition) is 2. The molecule has 0 bridgehead atoms. The van der Waals surface area contributed by atoms with Gasteiger partial charge in [-0.1, -0.05) is 48.2 Å². The van der Waals surface area contributed by atoms with E-state index in [-0.39, 0.29) is 23.0 Å². The summed E-state index contributed by atoms with van der Waals surface area (Å²) in [5, 5.41) is 40.3. The van der Waals surface area contributed by atoms with Crippen molar-refractivity contribution in [2.24, 2.45) is 34.5 Å². The van der Waals surface area contributed by atoms with Gasteiger partial charge in [-0.25, -0.2) is 9.36 Å². The summed E-state index contributed by atoms with van der Waals surface area (Å²) < 4.78 is 28.9. The summed E-state index contributed by atoms with van der Waals surface area (Å²) in [6, 6.07) is 13.1. The zero-order valence-corrected chi connectivity index (χ0v) is 38.4. The van der Waals surface area contributed by atoms with Crippen molar-refractivity contribution in [2.45, 2.75) is 172 Å². The van der Waals surface area contributed by atoms with E-state index < -0.39 is 17.0 Å². The molecule has 4 aromatic rings. The molecule has 3 heterocycles. The Morgan fingerprint density at radius 3 is 1.52 bits per heavy atom. The van der Waals surface area contributed by atoms with Crippen LogP contribution in [0.3, 0.4) is 0 Å². The van der Waals surface area contributed by atoms with Crippen molar-refractivity contribution in [1.29, 1.82) is 0 Å². The van der Waals surface area contributed by atoms with E-state index in [0.717, 1.165) is 87.1 Å². The molecular formula is C53H64N6O6. The van der Waals surface area contributed by atoms with E-state index in [1.54, 1.807) is 9.36 Å². The van der Waals surface area contributed by atoms with Crippen molar-refractivity contribution < 1.29 is 29.2 Å². The van der Waals surface area contributed by atoms with Gasteiger partial charge in [-0.05, 0) is 173 Å². The van der Waals surface area contributed by atoms with Crippen molar-refractivity contribution >= 4 is 0 Å². The van der Waals surface area contributed by atoms with Crippen LogP contribution in [-0.2, 0) is 48.6 Å². The molecule has 12 heteroatoms. The topological polar surface area (TPSA) is 139 Å². The molecule has 12 atom stereocenters. The van der Waals surface area contributed by atoms with Gasteiger partial charge in [0.2, 0.25) is 0 Å². The third-order valence-electron chi connectivity index (χ3n) is 18.1. The second-order valence-corrected chi connectivity index (χ2v) is 21.7. The van der Waals surface area contributed by atoms with Gasteiger partial charge in [0.25, 0.3) is 0 Å². The number of aliphatic hydroxyl groups is 2. The SMILES string of the molecule is C#C[C@]1(O)CC[C@H]2[C@@H]3CCc4cc(OCc5cn(C[C@@H]6OC(C)(C)O[C@H]6Cn6cc(COc7ccc8c(c7)CC[C@@H]7[C@@H]8CC[C@@]8(C)[C@H]7CC[C@@]8(O)C#C)nn6)nn5)ccc4[C@H]3CC[C@@]21C. The van der Waals surface area contributed by atoms with E-state index in [2.05, 4.69) is 82.7 Å². The van der Waals surface area contributed by atoms with E-state index >= 15 is 0 Å². The van der Waals surface area contributed by atoms with E-state index in [1.165, 1.54) is 22.3 Å². The molecule has 12 nitrogen and oxygen atoms in total. The lowest BCUT2D eigenvalue weighted by molar-refractivity contribution is -0.148. The number of hydrogen-bond acceptors (Lipinski definition) is 10. The Bertz CT molecular complexity index is 2380. The van der Waals surface area contributed by atoms with E-state index in [4.69, 9.17) is 31.8 Å².